The maximum Gasteiger partial charge on any atom is 0.240 e. The molecule has 0 saturated heterocycles. The van der Waals surface area contributed by atoms with Crippen molar-refractivity contribution >= 4 is 10.0 Å². The minimum atomic E-state index is -3.49. The number of aliphatic hydroxyl groups excluding tert-OH is 1. The van der Waals surface area contributed by atoms with Gasteiger partial charge < -0.3 is 5.11 Å². The number of rotatable bonds is 8. The molecule has 21 heavy (non-hydrogen) atoms. The van der Waals surface area contributed by atoms with E-state index in [2.05, 4.69) is 9.82 Å². The number of hydrogen-bond acceptors (Lipinski definition) is 4. The lowest BCUT2D eigenvalue weighted by Gasteiger charge is -2.08. The van der Waals surface area contributed by atoms with Crippen molar-refractivity contribution in [2.24, 2.45) is 0 Å². The van der Waals surface area contributed by atoms with Gasteiger partial charge in [0, 0.05) is 25.5 Å². The number of nitrogens with one attached hydrogen (secondary N) is 1. The first kappa shape index (κ1) is 15.7. The quantitative estimate of drug-likeness (QED) is 0.755. The van der Waals surface area contributed by atoms with Gasteiger partial charge in [0.1, 0.15) is 0 Å². The van der Waals surface area contributed by atoms with Gasteiger partial charge in [0.05, 0.1) is 11.4 Å². The van der Waals surface area contributed by atoms with Crippen LogP contribution in [0.5, 0.6) is 0 Å². The van der Waals surface area contributed by atoms with Crippen molar-refractivity contribution in [1.82, 2.24) is 14.5 Å². The summed E-state index contributed by atoms with van der Waals surface area (Å²) in [6, 6.07) is 8.51. The number of nitrogens with zero attached hydrogens (tertiary/aromatic N) is 2. The Balaban J connectivity index is 1.92. The molecule has 1 aromatic carbocycles. The molecule has 0 saturated carbocycles. The summed E-state index contributed by atoms with van der Waals surface area (Å²) in [7, 11) is -3.49. The van der Waals surface area contributed by atoms with Crippen molar-refractivity contribution < 1.29 is 13.5 Å². The topological polar surface area (TPSA) is 84.2 Å². The van der Waals surface area contributed by atoms with E-state index in [9.17, 15) is 8.42 Å². The molecule has 0 aliphatic rings. The van der Waals surface area contributed by atoms with E-state index < -0.39 is 10.0 Å². The van der Waals surface area contributed by atoms with E-state index in [4.69, 9.17) is 5.11 Å². The highest BCUT2D eigenvalue weighted by atomic mass is 32.2. The standard InChI is InChI=1S/C14H19N3O3S/c18-12-1-3-13-4-6-14(7-5-13)21(19,20)16-9-11-17-10-2-8-15-17/h2,4-8,10,16,18H,1,3,9,11-12H2. The van der Waals surface area contributed by atoms with Gasteiger partial charge in [0.2, 0.25) is 10.0 Å². The molecule has 7 heteroatoms. The van der Waals surface area contributed by atoms with Crippen LogP contribution in [0.2, 0.25) is 0 Å². The second-order valence-corrected chi connectivity index (χ2v) is 6.40. The van der Waals surface area contributed by atoms with E-state index in [1.807, 2.05) is 0 Å². The number of aliphatic hydroxyl groups is 1. The van der Waals surface area contributed by atoms with E-state index in [0.29, 0.717) is 13.0 Å². The molecule has 114 valence electrons. The van der Waals surface area contributed by atoms with Crippen LogP contribution in [0.3, 0.4) is 0 Å². The fraction of sp³-hybridized carbons (Fsp3) is 0.357. The Morgan fingerprint density at radius 2 is 2.00 bits per heavy atom. The van der Waals surface area contributed by atoms with Crippen LogP contribution in [-0.2, 0) is 23.0 Å². The van der Waals surface area contributed by atoms with E-state index in [1.54, 1.807) is 47.4 Å². The fourth-order valence-electron chi connectivity index (χ4n) is 1.93. The Bertz CT molecular complexity index is 637. The third-order valence-electron chi connectivity index (χ3n) is 3.05. The number of sulfonamides is 1. The molecular formula is C14H19N3O3S. The van der Waals surface area contributed by atoms with Crippen LogP contribution >= 0.6 is 0 Å². The smallest absolute Gasteiger partial charge is 0.240 e. The van der Waals surface area contributed by atoms with Gasteiger partial charge in [0.15, 0.2) is 0 Å². The van der Waals surface area contributed by atoms with Crippen LogP contribution in [0.4, 0.5) is 0 Å². The molecule has 0 aliphatic heterocycles. The first-order valence-corrected chi connectivity index (χ1v) is 8.27. The Kier molecular flexibility index (Phi) is 5.49. The van der Waals surface area contributed by atoms with Gasteiger partial charge in [0.25, 0.3) is 0 Å². The van der Waals surface area contributed by atoms with Gasteiger partial charge in [-0.2, -0.15) is 5.10 Å². The van der Waals surface area contributed by atoms with Crippen LogP contribution in [-0.4, -0.2) is 36.5 Å². The lowest BCUT2D eigenvalue weighted by molar-refractivity contribution is 0.288. The third kappa shape index (κ3) is 4.66. The van der Waals surface area contributed by atoms with Crippen molar-refractivity contribution in [3.8, 4) is 0 Å². The third-order valence-corrected chi connectivity index (χ3v) is 4.53. The van der Waals surface area contributed by atoms with E-state index in [-0.39, 0.29) is 18.0 Å². The van der Waals surface area contributed by atoms with Gasteiger partial charge >= 0.3 is 0 Å². The van der Waals surface area contributed by atoms with E-state index >= 15 is 0 Å². The molecule has 6 nitrogen and oxygen atoms in total. The predicted octanol–water partition coefficient (Wildman–Crippen LogP) is 0.786. The van der Waals surface area contributed by atoms with E-state index in [0.717, 1.165) is 12.0 Å². The molecule has 1 heterocycles. The van der Waals surface area contributed by atoms with Gasteiger partial charge in [-0.25, -0.2) is 13.1 Å². The maximum atomic E-state index is 12.1. The Morgan fingerprint density at radius 1 is 1.24 bits per heavy atom. The van der Waals surface area contributed by atoms with Crippen LogP contribution < -0.4 is 4.72 Å². The molecular weight excluding hydrogens is 290 g/mol. The average Bonchev–Trinajstić information content (AvgIpc) is 2.98. The molecule has 0 bridgehead atoms. The molecule has 0 spiro atoms. The molecule has 0 aliphatic carbocycles. The molecule has 2 rings (SSSR count). The zero-order valence-corrected chi connectivity index (χ0v) is 12.5. The largest absolute Gasteiger partial charge is 0.396 e. The Morgan fingerprint density at radius 3 is 2.62 bits per heavy atom. The summed E-state index contributed by atoms with van der Waals surface area (Å²) in [6.07, 6.45) is 4.85. The normalized spacial score (nSPS) is 11.7. The van der Waals surface area contributed by atoms with Gasteiger partial charge in [-0.15, -0.1) is 0 Å². The average molecular weight is 309 g/mol. The SMILES string of the molecule is O=S(=O)(NCCn1cccn1)c1ccc(CCCO)cc1. The Labute approximate surface area is 124 Å². The lowest BCUT2D eigenvalue weighted by atomic mass is 10.1. The first-order chi connectivity index (χ1) is 10.1. The molecule has 2 aromatic rings. The van der Waals surface area contributed by atoms with Crippen LogP contribution in [0, 0.1) is 0 Å². The summed E-state index contributed by atoms with van der Waals surface area (Å²) in [5.41, 5.74) is 1.01. The van der Waals surface area contributed by atoms with Crippen molar-refractivity contribution in [2.75, 3.05) is 13.2 Å². The molecule has 0 atom stereocenters. The van der Waals surface area contributed by atoms with E-state index in [1.165, 1.54) is 0 Å². The number of hydrogen-bond donors (Lipinski definition) is 2. The zero-order valence-electron chi connectivity index (χ0n) is 11.6. The lowest BCUT2D eigenvalue weighted by Crippen LogP contribution is -2.27. The van der Waals surface area contributed by atoms with Crippen molar-refractivity contribution in [3.63, 3.8) is 0 Å². The van der Waals surface area contributed by atoms with Gasteiger partial charge in [-0.3, -0.25) is 4.68 Å². The zero-order chi connectivity index (χ0) is 15.1. The van der Waals surface area contributed by atoms with Crippen LogP contribution in [0.15, 0.2) is 47.6 Å². The highest BCUT2D eigenvalue weighted by Crippen LogP contribution is 2.11. The van der Waals surface area contributed by atoms with Gasteiger partial charge in [-0.1, -0.05) is 12.1 Å². The summed E-state index contributed by atoms with van der Waals surface area (Å²) in [5, 5.41) is 12.8. The summed E-state index contributed by atoms with van der Waals surface area (Å²) in [6.45, 7) is 0.909. The highest BCUT2D eigenvalue weighted by Gasteiger charge is 2.12. The second kappa shape index (κ2) is 7.35. The van der Waals surface area contributed by atoms with Crippen LogP contribution in [0.1, 0.15) is 12.0 Å². The van der Waals surface area contributed by atoms with Crippen molar-refractivity contribution in [2.45, 2.75) is 24.3 Å². The summed E-state index contributed by atoms with van der Waals surface area (Å²) in [4.78, 5) is 0.246. The minimum absolute atomic E-state index is 0.134. The van der Waals surface area contributed by atoms with Gasteiger partial charge in [-0.05, 0) is 36.6 Å². The summed E-state index contributed by atoms with van der Waals surface area (Å²) >= 11 is 0. The monoisotopic (exact) mass is 309 g/mol. The Hall–Kier alpha value is -1.70. The minimum Gasteiger partial charge on any atom is -0.396 e. The molecule has 0 radical (unpaired) electrons. The molecule has 0 fully saturated rings. The van der Waals surface area contributed by atoms with Crippen LogP contribution in [0.25, 0.3) is 0 Å². The first-order valence-electron chi connectivity index (χ1n) is 6.79. The number of benzene rings is 1. The summed E-state index contributed by atoms with van der Waals surface area (Å²) in [5.74, 6) is 0. The second-order valence-electron chi connectivity index (χ2n) is 4.64. The fourth-order valence-corrected chi connectivity index (χ4v) is 2.95. The highest BCUT2D eigenvalue weighted by molar-refractivity contribution is 7.89. The summed E-state index contributed by atoms with van der Waals surface area (Å²) < 4.78 is 28.4. The van der Waals surface area contributed by atoms with Crippen molar-refractivity contribution in [3.05, 3.63) is 48.3 Å². The molecule has 2 N–H and O–H groups in total. The van der Waals surface area contributed by atoms with Crippen molar-refractivity contribution in [1.29, 1.82) is 0 Å². The maximum absolute atomic E-state index is 12.1. The predicted molar refractivity (Wildman–Crippen MR) is 79.3 cm³/mol. The number of aryl methyl sites for hydroxylation is 1. The molecule has 0 unspecified atom stereocenters. The molecule has 0 amide bonds. The number of aromatic nitrogens is 2. The molecule has 1 aromatic heterocycles.